The van der Waals surface area contributed by atoms with E-state index in [1.165, 1.54) is 0 Å². The molecule has 1 aromatic heterocycles. The molecule has 1 aliphatic rings. The standard InChI is InChI=1S/C13H22N6O2/c1-3-19-8-10(14)12(16-19)13(21)18-6-4-17(5-7-18)9-11(20)15-2/h8H,3-7,9,14H2,1-2H3,(H,15,20). The second-order valence-electron chi connectivity index (χ2n) is 5.03. The summed E-state index contributed by atoms with van der Waals surface area (Å²) in [5.41, 5.74) is 6.57. The van der Waals surface area contributed by atoms with E-state index in [0.717, 1.165) is 0 Å². The number of nitrogens with two attached hydrogens (primary N) is 1. The smallest absolute Gasteiger partial charge is 0.276 e. The van der Waals surface area contributed by atoms with Gasteiger partial charge in [-0.25, -0.2) is 0 Å². The van der Waals surface area contributed by atoms with Crippen LogP contribution in [0.1, 0.15) is 17.4 Å². The molecule has 0 atom stereocenters. The molecule has 1 aliphatic heterocycles. The number of likely N-dealkylation sites (N-methyl/N-ethyl adjacent to an activating group) is 1. The third-order valence-corrected chi connectivity index (χ3v) is 3.62. The highest BCUT2D eigenvalue weighted by atomic mass is 16.2. The Bertz CT molecular complexity index is 519. The molecule has 0 aromatic carbocycles. The van der Waals surface area contributed by atoms with Crippen molar-refractivity contribution in [3.8, 4) is 0 Å². The van der Waals surface area contributed by atoms with Gasteiger partial charge in [0.1, 0.15) is 0 Å². The Morgan fingerprint density at radius 2 is 2.00 bits per heavy atom. The summed E-state index contributed by atoms with van der Waals surface area (Å²) in [6.07, 6.45) is 1.68. The molecular weight excluding hydrogens is 272 g/mol. The number of nitrogens with one attached hydrogen (secondary N) is 1. The van der Waals surface area contributed by atoms with Crippen LogP contribution in [-0.4, -0.2) is 71.2 Å². The van der Waals surface area contributed by atoms with Gasteiger partial charge in [0.05, 0.1) is 12.2 Å². The summed E-state index contributed by atoms with van der Waals surface area (Å²) in [5.74, 6) is -0.153. The van der Waals surface area contributed by atoms with E-state index in [9.17, 15) is 9.59 Å². The van der Waals surface area contributed by atoms with Crippen molar-refractivity contribution in [2.45, 2.75) is 13.5 Å². The number of nitrogens with zero attached hydrogens (tertiary/aromatic N) is 4. The molecule has 3 N–H and O–H groups in total. The average Bonchev–Trinajstić information content (AvgIpc) is 2.88. The van der Waals surface area contributed by atoms with Gasteiger partial charge >= 0.3 is 0 Å². The molecule has 8 nitrogen and oxygen atoms in total. The van der Waals surface area contributed by atoms with Gasteiger partial charge < -0.3 is 16.0 Å². The normalized spacial score (nSPS) is 16.0. The van der Waals surface area contributed by atoms with E-state index in [0.29, 0.717) is 50.6 Å². The number of amides is 2. The summed E-state index contributed by atoms with van der Waals surface area (Å²) in [4.78, 5) is 27.5. The number of carbonyl (C=O) groups excluding carboxylic acids is 2. The first-order valence-electron chi connectivity index (χ1n) is 7.10. The molecule has 1 aromatic rings. The predicted molar refractivity (Wildman–Crippen MR) is 78.7 cm³/mol. The van der Waals surface area contributed by atoms with Gasteiger partial charge in [0.15, 0.2) is 5.69 Å². The second kappa shape index (κ2) is 6.57. The number of anilines is 1. The van der Waals surface area contributed by atoms with Crippen molar-refractivity contribution in [1.29, 1.82) is 0 Å². The molecule has 0 bridgehead atoms. The molecule has 0 saturated carbocycles. The molecule has 21 heavy (non-hydrogen) atoms. The summed E-state index contributed by atoms with van der Waals surface area (Å²) in [6.45, 7) is 5.49. The Labute approximate surface area is 123 Å². The highest BCUT2D eigenvalue weighted by Gasteiger charge is 2.26. The largest absolute Gasteiger partial charge is 0.396 e. The SMILES string of the molecule is CCn1cc(N)c(C(=O)N2CCN(CC(=O)NC)CC2)n1. The molecule has 0 radical (unpaired) electrons. The van der Waals surface area contributed by atoms with Crippen LogP contribution in [0.2, 0.25) is 0 Å². The lowest BCUT2D eigenvalue weighted by Gasteiger charge is -2.33. The van der Waals surface area contributed by atoms with Gasteiger partial charge in [-0.05, 0) is 6.92 Å². The van der Waals surface area contributed by atoms with Crippen molar-refractivity contribution >= 4 is 17.5 Å². The monoisotopic (exact) mass is 294 g/mol. The first-order chi connectivity index (χ1) is 10.0. The first-order valence-corrected chi connectivity index (χ1v) is 7.10. The molecule has 0 unspecified atom stereocenters. The summed E-state index contributed by atoms with van der Waals surface area (Å²) in [6, 6.07) is 0. The molecular formula is C13H22N6O2. The minimum absolute atomic E-state index is 0.0132. The van der Waals surface area contributed by atoms with Crippen molar-refractivity contribution in [3.63, 3.8) is 0 Å². The van der Waals surface area contributed by atoms with E-state index >= 15 is 0 Å². The fourth-order valence-electron chi connectivity index (χ4n) is 2.31. The minimum atomic E-state index is -0.140. The van der Waals surface area contributed by atoms with Crippen LogP contribution in [-0.2, 0) is 11.3 Å². The molecule has 1 saturated heterocycles. The minimum Gasteiger partial charge on any atom is -0.396 e. The van der Waals surface area contributed by atoms with Crippen LogP contribution in [0.15, 0.2) is 6.20 Å². The van der Waals surface area contributed by atoms with E-state index in [1.54, 1.807) is 22.8 Å². The van der Waals surface area contributed by atoms with Gasteiger partial charge in [-0.1, -0.05) is 0 Å². The van der Waals surface area contributed by atoms with Gasteiger partial charge in [-0.2, -0.15) is 5.10 Å². The molecule has 0 aliphatic carbocycles. The maximum Gasteiger partial charge on any atom is 0.276 e. The lowest BCUT2D eigenvalue weighted by Crippen LogP contribution is -2.51. The van der Waals surface area contributed by atoms with Crippen LogP contribution < -0.4 is 11.1 Å². The highest BCUT2D eigenvalue weighted by Crippen LogP contribution is 2.13. The maximum atomic E-state index is 12.4. The number of hydrogen-bond donors (Lipinski definition) is 2. The number of aromatic nitrogens is 2. The number of carbonyl (C=O) groups is 2. The Kier molecular flexibility index (Phi) is 4.79. The van der Waals surface area contributed by atoms with Crippen LogP contribution in [0.5, 0.6) is 0 Å². The lowest BCUT2D eigenvalue weighted by atomic mass is 10.2. The number of piperazine rings is 1. The van der Waals surface area contributed by atoms with Crippen LogP contribution in [0, 0.1) is 0 Å². The predicted octanol–water partition coefficient (Wildman–Crippen LogP) is -1.01. The van der Waals surface area contributed by atoms with Crippen molar-refractivity contribution in [2.75, 3.05) is 45.5 Å². The van der Waals surface area contributed by atoms with Gasteiger partial charge in [0.2, 0.25) is 5.91 Å². The van der Waals surface area contributed by atoms with Crippen LogP contribution in [0.25, 0.3) is 0 Å². The quantitative estimate of drug-likeness (QED) is 0.741. The lowest BCUT2D eigenvalue weighted by molar-refractivity contribution is -0.122. The Hall–Kier alpha value is -2.09. The van der Waals surface area contributed by atoms with Gasteiger partial charge in [0.25, 0.3) is 5.91 Å². The van der Waals surface area contributed by atoms with Gasteiger partial charge in [0, 0.05) is 46.0 Å². The average molecular weight is 294 g/mol. The van der Waals surface area contributed by atoms with E-state index in [2.05, 4.69) is 10.4 Å². The van der Waals surface area contributed by atoms with Crippen LogP contribution >= 0.6 is 0 Å². The van der Waals surface area contributed by atoms with E-state index < -0.39 is 0 Å². The molecule has 2 rings (SSSR count). The summed E-state index contributed by atoms with van der Waals surface area (Å²) >= 11 is 0. The zero-order chi connectivity index (χ0) is 15.4. The number of rotatable bonds is 4. The molecule has 1 fully saturated rings. The Balaban J connectivity index is 1.93. The van der Waals surface area contributed by atoms with Crippen LogP contribution in [0.4, 0.5) is 5.69 Å². The second-order valence-corrected chi connectivity index (χ2v) is 5.03. The van der Waals surface area contributed by atoms with Crippen molar-refractivity contribution < 1.29 is 9.59 Å². The first kappa shape index (κ1) is 15.3. The van der Waals surface area contributed by atoms with Gasteiger partial charge in [-0.3, -0.25) is 19.2 Å². The fourth-order valence-corrected chi connectivity index (χ4v) is 2.31. The maximum absolute atomic E-state index is 12.4. The van der Waals surface area contributed by atoms with Crippen molar-refractivity contribution in [3.05, 3.63) is 11.9 Å². The summed E-state index contributed by atoms with van der Waals surface area (Å²) in [5, 5.41) is 6.81. The van der Waals surface area contributed by atoms with Gasteiger partial charge in [-0.15, -0.1) is 0 Å². The third kappa shape index (κ3) is 3.52. The van der Waals surface area contributed by atoms with Crippen molar-refractivity contribution in [2.24, 2.45) is 0 Å². The summed E-state index contributed by atoms with van der Waals surface area (Å²) < 4.78 is 1.66. The molecule has 116 valence electrons. The molecule has 8 heteroatoms. The summed E-state index contributed by atoms with van der Waals surface area (Å²) in [7, 11) is 1.62. The van der Waals surface area contributed by atoms with Crippen LogP contribution in [0.3, 0.4) is 0 Å². The zero-order valence-electron chi connectivity index (χ0n) is 12.5. The molecule has 2 amide bonds. The number of aryl methyl sites for hydroxylation is 1. The highest BCUT2D eigenvalue weighted by molar-refractivity contribution is 5.97. The van der Waals surface area contributed by atoms with E-state index in [4.69, 9.17) is 5.73 Å². The van der Waals surface area contributed by atoms with E-state index in [1.807, 2.05) is 11.8 Å². The third-order valence-electron chi connectivity index (χ3n) is 3.62. The molecule has 2 heterocycles. The number of nitrogen functional groups attached to an aromatic ring is 1. The van der Waals surface area contributed by atoms with E-state index in [-0.39, 0.29) is 11.8 Å². The Morgan fingerprint density at radius 1 is 1.33 bits per heavy atom. The topological polar surface area (TPSA) is 96.5 Å². The fraction of sp³-hybridized carbons (Fsp3) is 0.615. The van der Waals surface area contributed by atoms with Crippen molar-refractivity contribution in [1.82, 2.24) is 24.9 Å². The number of hydrogen-bond acceptors (Lipinski definition) is 5. The molecule has 0 spiro atoms. The Morgan fingerprint density at radius 3 is 2.52 bits per heavy atom. The zero-order valence-corrected chi connectivity index (χ0v) is 12.5.